The highest BCUT2D eigenvalue weighted by Crippen LogP contribution is 2.28. The van der Waals surface area contributed by atoms with E-state index in [0.29, 0.717) is 10.7 Å². The first-order valence-electron chi connectivity index (χ1n) is 6.33. The molecule has 4 nitrogen and oxygen atoms in total. The molecule has 0 heterocycles. The molecule has 0 aliphatic rings. The summed E-state index contributed by atoms with van der Waals surface area (Å²) < 4.78 is 13.3. The van der Waals surface area contributed by atoms with Gasteiger partial charge in [0.05, 0.1) is 16.8 Å². The van der Waals surface area contributed by atoms with E-state index in [4.69, 9.17) is 22.5 Å². The van der Waals surface area contributed by atoms with E-state index < -0.39 is 5.82 Å². The molecule has 21 heavy (non-hydrogen) atoms. The minimum atomic E-state index is -0.391. The fourth-order valence-electron chi connectivity index (χ4n) is 1.98. The van der Waals surface area contributed by atoms with E-state index in [1.807, 2.05) is 30.3 Å². The van der Waals surface area contributed by atoms with Gasteiger partial charge in [-0.1, -0.05) is 47.1 Å². The van der Waals surface area contributed by atoms with Crippen molar-refractivity contribution in [3.63, 3.8) is 0 Å². The van der Waals surface area contributed by atoms with Crippen LogP contribution >= 0.6 is 11.6 Å². The minimum absolute atomic E-state index is 0.0730. The fraction of sp³-hybridized carbons (Fsp3) is 0.133. The number of anilines is 1. The van der Waals surface area contributed by atoms with Gasteiger partial charge in [-0.2, -0.15) is 0 Å². The second-order valence-electron chi connectivity index (χ2n) is 4.53. The van der Waals surface area contributed by atoms with Gasteiger partial charge in [0.15, 0.2) is 0 Å². The van der Waals surface area contributed by atoms with Gasteiger partial charge >= 0.3 is 0 Å². The predicted octanol–water partition coefficient (Wildman–Crippen LogP) is 3.77. The zero-order valence-corrected chi connectivity index (χ0v) is 11.9. The largest absolute Gasteiger partial charge is 0.409 e. The summed E-state index contributed by atoms with van der Waals surface area (Å²) in [5.41, 5.74) is 6.96. The van der Waals surface area contributed by atoms with Gasteiger partial charge in [0.1, 0.15) is 11.7 Å². The van der Waals surface area contributed by atoms with Crippen LogP contribution in [0.25, 0.3) is 0 Å². The topological polar surface area (TPSA) is 70.6 Å². The van der Waals surface area contributed by atoms with E-state index in [1.54, 1.807) is 0 Å². The quantitative estimate of drug-likeness (QED) is 0.341. The van der Waals surface area contributed by atoms with Crippen molar-refractivity contribution in [1.82, 2.24) is 0 Å². The molecule has 0 aliphatic heterocycles. The van der Waals surface area contributed by atoms with E-state index in [-0.39, 0.29) is 18.3 Å². The van der Waals surface area contributed by atoms with Crippen molar-refractivity contribution in [3.8, 4) is 0 Å². The van der Waals surface area contributed by atoms with Crippen LogP contribution in [0.3, 0.4) is 0 Å². The highest BCUT2D eigenvalue weighted by Gasteiger charge is 2.15. The third kappa shape index (κ3) is 4.10. The molecule has 0 fully saturated rings. The van der Waals surface area contributed by atoms with Crippen LogP contribution in [0.1, 0.15) is 18.0 Å². The van der Waals surface area contributed by atoms with Crippen LogP contribution in [-0.4, -0.2) is 11.0 Å². The molecular formula is C15H15ClFN3O. The van der Waals surface area contributed by atoms with Crippen LogP contribution in [-0.2, 0) is 0 Å². The monoisotopic (exact) mass is 307 g/mol. The van der Waals surface area contributed by atoms with E-state index in [0.717, 1.165) is 5.56 Å². The summed E-state index contributed by atoms with van der Waals surface area (Å²) in [6.07, 6.45) is 0.257. The molecule has 0 aromatic heterocycles. The molecule has 1 unspecified atom stereocenters. The number of benzene rings is 2. The molecule has 0 spiro atoms. The minimum Gasteiger partial charge on any atom is -0.409 e. The van der Waals surface area contributed by atoms with Gasteiger partial charge in [-0.25, -0.2) is 4.39 Å². The van der Waals surface area contributed by atoms with Gasteiger partial charge in [0, 0.05) is 6.42 Å². The predicted molar refractivity (Wildman–Crippen MR) is 82.2 cm³/mol. The molecule has 1 atom stereocenters. The van der Waals surface area contributed by atoms with Gasteiger partial charge in [-0.05, 0) is 23.8 Å². The van der Waals surface area contributed by atoms with E-state index in [9.17, 15) is 4.39 Å². The zero-order valence-electron chi connectivity index (χ0n) is 11.1. The number of oxime groups is 1. The van der Waals surface area contributed by atoms with Crippen molar-refractivity contribution in [2.75, 3.05) is 5.32 Å². The molecule has 0 saturated heterocycles. The lowest BCUT2D eigenvalue weighted by Crippen LogP contribution is -2.21. The summed E-state index contributed by atoms with van der Waals surface area (Å²) in [6, 6.07) is 13.2. The average Bonchev–Trinajstić information content (AvgIpc) is 2.51. The molecule has 2 aromatic rings. The van der Waals surface area contributed by atoms with E-state index in [2.05, 4.69) is 10.5 Å². The molecule has 4 N–H and O–H groups in total. The third-order valence-electron chi connectivity index (χ3n) is 3.00. The number of hydrogen-bond acceptors (Lipinski definition) is 3. The molecule has 0 bridgehead atoms. The van der Waals surface area contributed by atoms with Crippen LogP contribution in [0.4, 0.5) is 10.1 Å². The Labute approximate surface area is 127 Å². The Morgan fingerprint density at radius 2 is 2.00 bits per heavy atom. The van der Waals surface area contributed by atoms with E-state index in [1.165, 1.54) is 18.2 Å². The van der Waals surface area contributed by atoms with E-state index >= 15 is 0 Å². The van der Waals surface area contributed by atoms with Crippen molar-refractivity contribution >= 4 is 23.1 Å². The molecule has 6 heteroatoms. The molecule has 0 saturated carbocycles. The molecule has 2 aromatic carbocycles. The van der Waals surface area contributed by atoms with Crippen LogP contribution in [0.15, 0.2) is 53.7 Å². The normalized spacial score (nSPS) is 13.0. The van der Waals surface area contributed by atoms with Crippen molar-refractivity contribution in [2.45, 2.75) is 12.5 Å². The highest BCUT2D eigenvalue weighted by atomic mass is 35.5. The lowest BCUT2D eigenvalue weighted by molar-refractivity contribution is 0.316. The third-order valence-corrected chi connectivity index (χ3v) is 3.33. The Morgan fingerprint density at radius 3 is 2.67 bits per heavy atom. The number of nitrogens with zero attached hydrogens (tertiary/aromatic N) is 1. The van der Waals surface area contributed by atoms with Crippen LogP contribution < -0.4 is 11.1 Å². The van der Waals surface area contributed by atoms with Crippen LogP contribution in [0.2, 0.25) is 5.02 Å². The van der Waals surface area contributed by atoms with Gasteiger partial charge < -0.3 is 16.3 Å². The summed E-state index contributed by atoms with van der Waals surface area (Å²) in [6.45, 7) is 0. The zero-order chi connectivity index (χ0) is 15.2. The molecule has 2 rings (SSSR count). The van der Waals surface area contributed by atoms with Crippen LogP contribution in [0, 0.1) is 5.82 Å². The maximum absolute atomic E-state index is 13.3. The number of nitrogens with one attached hydrogen (secondary N) is 1. The summed E-state index contributed by atoms with van der Waals surface area (Å²) in [4.78, 5) is 0. The van der Waals surface area contributed by atoms with Gasteiger partial charge in [0.25, 0.3) is 0 Å². The average molecular weight is 308 g/mol. The van der Waals surface area contributed by atoms with Crippen molar-refractivity contribution in [3.05, 3.63) is 64.9 Å². The number of nitrogens with two attached hydrogens (primary N) is 1. The Morgan fingerprint density at radius 1 is 1.29 bits per heavy atom. The fourth-order valence-corrected chi connectivity index (χ4v) is 2.16. The van der Waals surface area contributed by atoms with Crippen molar-refractivity contribution in [2.24, 2.45) is 10.9 Å². The maximum atomic E-state index is 13.3. The second kappa shape index (κ2) is 6.95. The van der Waals surface area contributed by atoms with Gasteiger partial charge in [-0.3, -0.25) is 0 Å². The lowest BCUT2D eigenvalue weighted by atomic mass is 10.0. The molecule has 110 valence electrons. The Bertz CT molecular complexity index is 634. The smallest absolute Gasteiger partial charge is 0.141 e. The highest BCUT2D eigenvalue weighted by molar-refractivity contribution is 6.33. The molecule has 0 radical (unpaired) electrons. The summed E-state index contributed by atoms with van der Waals surface area (Å²) in [5, 5.41) is 15.3. The second-order valence-corrected chi connectivity index (χ2v) is 4.93. The summed E-state index contributed by atoms with van der Waals surface area (Å²) >= 11 is 6.06. The summed E-state index contributed by atoms with van der Waals surface area (Å²) in [5.74, 6) is -0.318. The van der Waals surface area contributed by atoms with Gasteiger partial charge in [0.2, 0.25) is 0 Å². The molecular weight excluding hydrogens is 293 g/mol. The first kappa shape index (κ1) is 15.1. The Balaban J connectivity index is 2.29. The SMILES string of the molecule is N/C(CC(Nc1cc(F)ccc1Cl)c1ccccc1)=N/O. The van der Waals surface area contributed by atoms with Crippen molar-refractivity contribution in [1.29, 1.82) is 0 Å². The standard InChI is InChI=1S/C15H15ClFN3O/c16-12-7-6-11(17)8-14(12)19-13(9-15(18)20-21)10-4-2-1-3-5-10/h1-8,13,19,21H,9H2,(H2,18,20). The molecule has 0 amide bonds. The number of amidine groups is 1. The number of rotatable bonds is 5. The van der Waals surface area contributed by atoms with Crippen molar-refractivity contribution < 1.29 is 9.60 Å². The molecule has 0 aliphatic carbocycles. The first-order chi connectivity index (χ1) is 10.1. The Hall–Kier alpha value is -2.27. The summed E-state index contributed by atoms with van der Waals surface area (Å²) in [7, 11) is 0. The van der Waals surface area contributed by atoms with Crippen LogP contribution in [0.5, 0.6) is 0 Å². The number of halogens is 2. The lowest BCUT2D eigenvalue weighted by Gasteiger charge is -2.20. The number of hydrogen-bond donors (Lipinski definition) is 3. The maximum Gasteiger partial charge on any atom is 0.141 e. The Kier molecular flexibility index (Phi) is 5.00. The van der Waals surface area contributed by atoms with Gasteiger partial charge in [-0.15, -0.1) is 0 Å². The first-order valence-corrected chi connectivity index (χ1v) is 6.71.